The molecule has 5 heteroatoms. The Morgan fingerprint density at radius 2 is 2.25 bits per heavy atom. The van der Waals surface area contributed by atoms with Crippen LogP contribution in [0.4, 0.5) is 0 Å². The van der Waals surface area contributed by atoms with Gasteiger partial charge >= 0.3 is 5.97 Å². The summed E-state index contributed by atoms with van der Waals surface area (Å²) in [6.45, 7) is 2.81. The molecule has 0 radical (unpaired) electrons. The number of nitrogens with one attached hydrogen (secondary N) is 1. The number of methoxy groups -OCH3 is 1. The van der Waals surface area contributed by atoms with Crippen LogP contribution in [0.15, 0.2) is 16.5 Å². The number of hydrogen-bond acceptors (Lipinski definition) is 5. The van der Waals surface area contributed by atoms with Crippen molar-refractivity contribution in [2.45, 2.75) is 38.3 Å². The van der Waals surface area contributed by atoms with E-state index in [1.165, 1.54) is 7.11 Å². The van der Waals surface area contributed by atoms with Crippen LogP contribution in [-0.2, 0) is 9.47 Å². The van der Waals surface area contributed by atoms with Crippen molar-refractivity contribution >= 4 is 5.97 Å². The zero-order valence-corrected chi connectivity index (χ0v) is 12.3. The third kappa shape index (κ3) is 3.41. The summed E-state index contributed by atoms with van der Waals surface area (Å²) >= 11 is 0. The molecule has 20 heavy (non-hydrogen) atoms. The predicted octanol–water partition coefficient (Wildman–Crippen LogP) is 2.53. The first kappa shape index (κ1) is 15.1. The van der Waals surface area contributed by atoms with E-state index in [0.717, 1.165) is 31.6 Å². The van der Waals surface area contributed by atoms with Crippen LogP contribution < -0.4 is 5.32 Å². The van der Waals surface area contributed by atoms with Crippen molar-refractivity contribution in [1.82, 2.24) is 5.32 Å². The van der Waals surface area contributed by atoms with Gasteiger partial charge in [0.25, 0.3) is 0 Å². The lowest BCUT2D eigenvalue weighted by Gasteiger charge is -2.36. The molecular formula is C15H23NO4. The van der Waals surface area contributed by atoms with Gasteiger partial charge in [0.15, 0.2) is 0 Å². The van der Waals surface area contributed by atoms with E-state index in [0.29, 0.717) is 12.0 Å². The first-order chi connectivity index (χ1) is 9.67. The van der Waals surface area contributed by atoms with Crippen LogP contribution in [0.2, 0.25) is 0 Å². The molecule has 1 unspecified atom stereocenters. The average Bonchev–Trinajstić information content (AvgIpc) is 2.90. The topological polar surface area (TPSA) is 60.7 Å². The number of hydrogen-bond donors (Lipinski definition) is 1. The molecule has 1 heterocycles. The Morgan fingerprint density at radius 3 is 2.85 bits per heavy atom. The molecular weight excluding hydrogens is 258 g/mol. The van der Waals surface area contributed by atoms with Crippen LogP contribution in [0.3, 0.4) is 0 Å². The second-order valence-electron chi connectivity index (χ2n) is 5.19. The molecule has 0 aliphatic heterocycles. The van der Waals surface area contributed by atoms with Crippen molar-refractivity contribution in [2.75, 3.05) is 20.8 Å². The summed E-state index contributed by atoms with van der Waals surface area (Å²) < 4.78 is 15.8. The zero-order chi connectivity index (χ0) is 14.5. The van der Waals surface area contributed by atoms with Gasteiger partial charge in [0, 0.05) is 6.61 Å². The molecule has 1 aliphatic carbocycles. The van der Waals surface area contributed by atoms with Gasteiger partial charge in [0.2, 0.25) is 5.76 Å². The van der Waals surface area contributed by atoms with Crippen LogP contribution in [0.25, 0.3) is 0 Å². The number of furan rings is 1. The van der Waals surface area contributed by atoms with Crippen molar-refractivity contribution < 1.29 is 18.7 Å². The van der Waals surface area contributed by atoms with Gasteiger partial charge in [-0.2, -0.15) is 0 Å². The SMILES string of the molecule is CCOC1CC(CC(NC)c2ccc(C(=O)OC)o2)C1. The minimum Gasteiger partial charge on any atom is -0.463 e. The highest BCUT2D eigenvalue weighted by Gasteiger charge is 2.32. The van der Waals surface area contributed by atoms with Crippen LogP contribution in [0, 0.1) is 5.92 Å². The van der Waals surface area contributed by atoms with Crippen molar-refractivity contribution in [2.24, 2.45) is 5.92 Å². The summed E-state index contributed by atoms with van der Waals surface area (Å²) in [7, 11) is 3.26. The Kier molecular flexibility index (Phi) is 5.20. The maximum atomic E-state index is 11.4. The molecule has 1 aromatic rings. The normalized spacial score (nSPS) is 23.1. The van der Waals surface area contributed by atoms with Gasteiger partial charge in [0.05, 0.1) is 19.3 Å². The highest BCUT2D eigenvalue weighted by atomic mass is 16.5. The summed E-state index contributed by atoms with van der Waals surface area (Å²) in [6.07, 6.45) is 3.63. The van der Waals surface area contributed by atoms with Gasteiger partial charge in [-0.25, -0.2) is 4.79 Å². The fraction of sp³-hybridized carbons (Fsp3) is 0.667. The van der Waals surface area contributed by atoms with E-state index in [4.69, 9.17) is 9.15 Å². The number of rotatable bonds is 7. The van der Waals surface area contributed by atoms with Gasteiger partial charge in [-0.05, 0) is 51.3 Å². The lowest BCUT2D eigenvalue weighted by atomic mass is 9.78. The van der Waals surface area contributed by atoms with Crippen LogP contribution in [-0.4, -0.2) is 32.8 Å². The Labute approximate surface area is 119 Å². The lowest BCUT2D eigenvalue weighted by molar-refractivity contribution is -0.0295. The summed E-state index contributed by atoms with van der Waals surface area (Å²) in [4.78, 5) is 11.4. The van der Waals surface area contributed by atoms with E-state index in [-0.39, 0.29) is 11.8 Å². The van der Waals surface area contributed by atoms with E-state index < -0.39 is 5.97 Å². The van der Waals surface area contributed by atoms with E-state index in [9.17, 15) is 4.79 Å². The van der Waals surface area contributed by atoms with E-state index >= 15 is 0 Å². The average molecular weight is 281 g/mol. The molecule has 1 aromatic heterocycles. The molecule has 1 saturated carbocycles. The van der Waals surface area contributed by atoms with Crippen LogP contribution in [0.5, 0.6) is 0 Å². The second kappa shape index (κ2) is 6.90. The largest absolute Gasteiger partial charge is 0.463 e. The molecule has 1 fully saturated rings. The molecule has 1 N–H and O–H groups in total. The van der Waals surface area contributed by atoms with Crippen LogP contribution in [0.1, 0.15) is 48.5 Å². The lowest BCUT2D eigenvalue weighted by Crippen LogP contribution is -2.34. The molecule has 0 saturated heterocycles. The summed E-state index contributed by atoms with van der Waals surface area (Å²) in [6, 6.07) is 3.63. The van der Waals surface area contributed by atoms with Crippen molar-refractivity contribution in [3.05, 3.63) is 23.7 Å². The van der Waals surface area contributed by atoms with Gasteiger partial charge < -0.3 is 19.2 Å². The maximum Gasteiger partial charge on any atom is 0.373 e. The number of esters is 1. The van der Waals surface area contributed by atoms with Gasteiger partial charge in [-0.1, -0.05) is 0 Å². The predicted molar refractivity (Wildman–Crippen MR) is 74.6 cm³/mol. The smallest absolute Gasteiger partial charge is 0.373 e. The van der Waals surface area contributed by atoms with Crippen molar-refractivity contribution in [1.29, 1.82) is 0 Å². The second-order valence-corrected chi connectivity index (χ2v) is 5.19. The quantitative estimate of drug-likeness (QED) is 0.778. The van der Waals surface area contributed by atoms with E-state index in [1.54, 1.807) is 6.07 Å². The monoisotopic (exact) mass is 281 g/mol. The molecule has 1 aliphatic rings. The fourth-order valence-corrected chi connectivity index (χ4v) is 2.70. The molecule has 2 rings (SSSR count). The minimum atomic E-state index is -0.439. The molecule has 112 valence electrons. The summed E-state index contributed by atoms with van der Waals surface area (Å²) in [5, 5.41) is 3.25. The zero-order valence-electron chi connectivity index (χ0n) is 12.3. The van der Waals surface area contributed by atoms with Crippen molar-refractivity contribution in [3.63, 3.8) is 0 Å². The Bertz CT molecular complexity index is 437. The molecule has 0 bridgehead atoms. The van der Waals surface area contributed by atoms with E-state index in [2.05, 4.69) is 10.1 Å². The van der Waals surface area contributed by atoms with Crippen molar-refractivity contribution in [3.8, 4) is 0 Å². The molecule has 0 amide bonds. The third-order valence-electron chi connectivity index (χ3n) is 3.87. The minimum absolute atomic E-state index is 0.126. The molecule has 0 aromatic carbocycles. The first-order valence-electron chi connectivity index (χ1n) is 7.14. The summed E-state index contributed by atoms with van der Waals surface area (Å²) in [5.41, 5.74) is 0. The highest BCUT2D eigenvalue weighted by Crippen LogP contribution is 2.37. The number of carbonyl (C=O) groups is 1. The third-order valence-corrected chi connectivity index (χ3v) is 3.87. The number of ether oxygens (including phenoxy) is 2. The Morgan fingerprint density at radius 1 is 1.50 bits per heavy atom. The van der Waals surface area contributed by atoms with Crippen LogP contribution >= 0.6 is 0 Å². The first-order valence-corrected chi connectivity index (χ1v) is 7.14. The van der Waals surface area contributed by atoms with Gasteiger partial charge in [-0.15, -0.1) is 0 Å². The standard InChI is InChI=1S/C15H23NO4/c1-4-19-11-7-10(8-11)9-12(16-2)13-5-6-14(20-13)15(17)18-3/h5-6,10-12,16H,4,7-9H2,1-3H3. The highest BCUT2D eigenvalue weighted by molar-refractivity contribution is 5.86. The van der Waals surface area contributed by atoms with Gasteiger partial charge in [-0.3, -0.25) is 0 Å². The Hall–Kier alpha value is -1.33. The maximum absolute atomic E-state index is 11.4. The molecule has 5 nitrogen and oxygen atoms in total. The van der Waals surface area contributed by atoms with Gasteiger partial charge in [0.1, 0.15) is 5.76 Å². The number of carbonyl (C=O) groups excluding carboxylic acids is 1. The summed E-state index contributed by atoms with van der Waals surface area (Å²) in [5.74, 6) is 1.25. The van der Waals surface area contributed by atoms with E-state index in [1.807, 2.05) is 20.0 Å². The molecule has 0 spiro atoms. The molecule has 1 atom stereocenters. The fourth-order valence-electron chi connectivity index (χ4n) is 2.70. The Balaban J connectivity index is 1.89.